The Morgan fingerprint density at radius 1 is 1.12 bits per heavy atom. The van der Waals surface area contributed by atoms with Crippen LogP contribution in [-0.4, -0.2) is 29.3 Å². The van der Waals surface area contributed by atoms with Crippen LogP contribution in [0.25, 0.3) is 0 Å². The highest BCUT2D eigenvalue weighted by Crippen LogP contribution is 2.21. The number of likely N-dealkylation sites (tertiary alicyclic amines) is 1. The highest BCUT2D eigenvalue weighted by molar-refractivity contribution is 5.97. The van der Waals surface area contributed by atoms with Crippen LogP contribution in [-0.2, 0) is 11.3 Å². The van der Waals surface area contributed by atoms with Gasteiger partial charge in [0.05, 0.1) is 0 Å². The van der Waals surface area contributed by atoms with Crippen LogP contribution in [0.4, 0.5) is 4.39 Å². The molecule has 1 saturated heterocycles. The number of nitrogens with one attached hydrogen (secondary N) is 1. The third-order valence-electron chi connectivity index (χ3n) is 4.20. The molecule has 24 heavy (non-hydrogen) atoms. The highest BCUT2D eigenvalue weighted by Gasteiger charge is 2.34. The minimum Gasteiger partial charge on any atom is -0.350 e. The highest BCUT2D eigenvalue weighted by atomic mass is 19.1. The van der Waals surface area contributed by atoms with Gasteiger partial charge in [-0.25, -0.2) is 4.39 Å². The zero-order valence-electron chi connectivity index (χ0n) is 13.2. The van der Waals surface area contributed by atoms with Gasteiger partial charge in [0.25, 0.3) is 5.91 Å². The van der Waals surface area contributed by atoms with Crippen molar-refractivity contribution in [1.82, 2.24) is 10.2 Å². The molecular formula is C19H19FN2O2. The largest absolute Gasteiger partial charge is 0.350 e. The van der Waals surface area contributed by atoms with E-state index in [2.05, 4.69) is 5.32 Å². The zero-order chi connectivity index (χ0) is 16.9. The second-order valence-electron chi connectivity index (χ2n) is 5.87. The number of carbonyl (C=O) groups excluding carboxylic acids is 2. The van der Waals surface area contributed by atoms with Gasteiger partial charge in [0, 0.05) is 18.7 Å². The standard InChI is InChI=1S/C19H19FN2O2/c20-16-9-4-8-15(12-16)19(24)22-11-5-10-17(22)18(23)21-13-14-6-2-1-3-7-14/h1-4,6-9,12,17H,5,10-11,13H2,(H,21,23)/t17-/m0/s1. The van der Waals surface area contributed by atoms with Gasteiger partial charge in [0.1, 0.15) is 11.9 Å². The van der Waals surface area contributed by atoms with Crippen molar-refractivity contribution in [3.63, 3.8) is 0 Å². The van der Waals surface area contributed by atoms with Gasteiger partial charge in [-0.05, 0) is 36.6 Å². The summed E-state index contributed by atoms with van der Waals surface area (Å²) in [6.07, 6.45) is 1.39. The van der Waals surface area contributed by atoms with E-state index in [1.807, 2.05) is 30.3 Å². The van der Waals surface area contributed by atoms with E-state index in [0.29, 0.717) is 19.5 Å². The zero-order valence-corrected chi connectivity index (χ0v) is 13.2. The Bertz CT molecular complexity index is 733. The molecule has 4 nitrogen and oxygen atoms in total. The molecular weight excluding hydrogens is 307 g/mol. The molecule has 0 spiro atoms. The van der Waals surface area contributed by atoms with Gasteiger partial charge >= 0.3 is 0 Å². The minimum absolute atomic E-state index is 0.166. The number of carbonyl (C=O) groups is 2. The molecule has 0 saturated carbocycles. The first kappa shape index (κ1) is 16.2. The van der Waals surface area contributed by atoms with Gasteiger partial charge in [-0.15, -0.1) is 0 Å². The lowest BCUT2D eigenvalue weighted by Gasteiger charge is -2.24. The molecule has 0 unspecified atom stereocenters. The topological polar surface area (TPSA) is 49.4 Å². The number of nitrogens with zero attached hydrogens (tertiary/aromatic N) is 1. The number of rotatable bonds is 4. The third kappa shape index (κ3) is 3.62. The van der Waals surface area contributed by atoms with Crippen molar-refractivity contribution in [2.24, 2.45) is 0 Å². The number of amides is 2. The van der Waals surface area contributed by atoms with Crippen molar-refractivity contribution < 1.29 is 14.0 Å². The summed E-state index contributed by atoms with van der Waals surface area (Å²) in [5.41, 5.74) is 1.28. The first-order valence-electron chi connectivity index (χ1n) is 8.03. The smallest absolute Gasteiger partial charge is 0.254 e. The molecule has 0 aliphatic carbocycles. The number of hydrogen-bond donors (Lipinski definition) is 1. The molecule has 1 atom stereocenters. The van der Waals surface area contributed by atoms with Crippen molar-refractivity contribution in [3.8, 4) is 0 Å². The summed E-state index contributed by atoms with van der Waals surface area (Å²) in [7, 11) is 0. The Balaban J connectivity index is 1.66. The van der Waals surface area contributed by atoms with Crippen LogP contribution in [0.5, 0.6) is 0 Å². The fourth-order valence-corrected chi connectivity index (χ4v) is 2.97. The summed E-state index contributed by atoms with van der Waals surface area (Å²) < 4.78 is 13.3. The van der Waals surface area contributed by atoms with Gasteiger partial charge in [-0.1, -0.05) is 36.4 Å². The Labute approximate surface area is 140 Å². The molecule has 1 N–H and O–H groups in total. The molecule has 2 aromatic rings. The Morgan fingerprint density at radius 2 is 1.92 bits per heavy atom. The maximum absolute atomic E-state index is 13.3. The van der Waals surface area contributed by atoms with Crippen LogP contribution in [0, 0.1) is 5.82 Å². The Hall–Kier alpha value is -2.69. The van der Waals surface area contributed by atoms with Gasteiger partial charge in [-0.2, -0.15) is 0 Å². The van der Waals surface area contributed by atoms with Crippen molar-refractivity contribution in [2.45, 2.75) is 25.4 Å². The van der Waals surface area contributed by atoms with E-state index < -0.39 is 11.9 Å². The van der Waals surface area contributed by atoms with E-state index in [9.17, 15) is 14.0 Å². The molecule has 0 aromatic heterocycles. The van der Waals surface area contributed by atoms with E-state index in [1.165, 1.54) is 23.1 Å². The predicted molar refractivity (Wildman–Crippen MR) is 88.7 cm³/mol. The SMILES string of the molecule is O=C(NCc1ccccc1)[C@@H]1CCCN1C(=O)c1cccc(F)c1. The number of halogens is 1. The molecule has 1 aliphatic heterocycles. The van der Waals surface area contributed by atoms with E-state index in [-0.39, 0.29) is 17.4 Å². The lowest BCUT2D eigenvalue weighted by atomic mass is 10.1. The van der Waals surface area contributed by atoms with Crippen LogP contribution in [0.3, 0.4) is 0 Å². The third-order valence-corrected chi connectivity index (χ3v) is 4.20. The lowest BCUT2D eigenvalue weighted by Crippen LogP contribution is -2.45. The van der Waals surface area contributed by atoms with E-state index >= 15 is 0 Å². The molecule has 0 radical (unpaired) electrons. The summed E-state index contributed by atoms with van der Waals surface area (Å²) >= 11 is 0. The normalized spacial score (nSPS) is 16.9. The molecule has 1 heterocycles. The van der Waals surface area contributed by atoms with Crippen molar-refractivity contribution in [2.75, 3.05) is 6.54 Å². The van der Waals surface area contributed by atoms with Crippen LogP contribution >= 0.6 is 0 Å². The second kappa shape index (κ2) is 7.25. The number of benzene rings is 2. The summed E-state index contributed by atoms with van der Waals surface area (Å²) in [6.45, 7) is 0.941. The van der Waals surface area contributed by atoms with E-state index in [0.717, 1.165) is 12.0 Å². The molecule has 1 aliphatic rings. The molecule has 1 fully saturated rings. The molecule has 2 amide bonds. The van der Waals surface area contributed by atoms with Gasteiger partial charge in [0.2, 0.25) is 5.91 Å². The summed E-state index contributed by atoms with van der Waals surface area (Å²) in [5, 5.41) is 2.88. The maximum Gasteiger partial charge on any atom is 0.254 e. The minimum atomic E-state index is -0.496. The van der Waals surface area contributed by atoms with Crippen LogP contribution < -0.4 is 5.32 Å². The fraction of sp³-hybridized carbons (Fsp3) is 0.263. The van der Waals surface area contributed by atoms with Crippen molar-refractivity contribution in [3.05, 3.63) is 71.5 Å². The summed E-state index contributed by atoms with van der Waals surface area (Å²) in [5.74, 6) is -0.918. The van der Waals surface area contributed by atoms with Crippen LogP contribution in [0.2, 0.25) is 0 Å². The summed E-state index contributed by atoms with van der Waals surface area (Å²) in [4.78, 5) is 26.6. The van der Waals surface area contributed by atoms with E-state index in [1.54, 1.807) is 6.07 Å². The molecule has 3 rings (SSSR count). The average Bonchev–Trinajstić information content (AvgIpc) is 3.09. The first-order chi connectivity index (χ1) is 11.6. The fourth-order valence-electron chi connectivity index (χ4n) is 2.97. The van der Waals surface area contributed by atoms with E-state index in [4.69, 9.17) is 0 Å². The number of hydrogen-bond acceptors (Lipinski definition) is 2. The van der Waals surface area contributed by atoms with Crippen molar-refractivity contribution >= 4 is 11.8 Å². The predicted octanol–water partition coefficient (Wildman–Crippen LogP) is 2.75. The van der Waals surface area contributed by atoms with Gasteiger partial charge < -0.3 is 10.2 Å². The molecule has 124 valence electrons. The monoisotopic (exact) mass is 326 g/mol. The second-order valence-corrected chi connectivity index (χ2v) is 5.87. The van der Waals surface area contributed by atoms with Crippen LogP contribution in [0.15, 0.2) is 54.6 Å². The molecule has 5 heteroatoms. The van der Waals surface area contributed by atoms with Gasteiger partial charge in [0.15, 0.2) is 0 Å². The molecule has 0 bridgehead atoms. The maximum atomic E-state index is 13.3. The van der Waals surface area contributed by atoms with Crippen molar-refractivity contribution in [1.29, 1.82) is 0 Å². The quantitative estimate of drug-likeness (QED) is 0.939. The average molecular weight is 326 g/mol. The van der Waals surface area contributed by atoms with Gasteiger partial charge in [-0.3, -0.25) is 9.59 Å². The lowest BCUT2D eigenvalue weighted by molar-refractivity contribution is -0.125. The first-order valence-corrected chi connectivity index (χ1v) is 8.03. The Kier molecular flexibility index (Phi) is 4.89. The Morgan fingerprint density at radius 3 is 2.67 bits per heavy atom. The summed E-state index contributed by atoms with van der Waals surface area (Å²) in [6, 6.07) is 14.7. The van der Waals surface area contributed by atoms with Crippen LogP contribution in [0.1, 0.15) is 28.8 Å². The molecule has 2 aromatic carbocycles.